The van der Waals surface area contributed by atoms with Crippen molar-refractivity contribution in [2.45, 2.75) is 26.4 Å². The zero-order valence-electron chi connectivity index (χ0n) is 8.95. The molecule has 1 heterocycles. The van der Waals surface area contributed by atoms with Crippen LogP contribution in [0.25, 0.3) is 0 Å². The number of rotatable bonds is 5. The van der Waals surface area contributed by atoms with E-state index in [1.54, 1.807) is 0 Å². The molecule has 4 nitrogen and oxygen atoms in total. The minimum Gasteiger partial charge on any atom is -0.475 e. The summed E-state index contributed by atoms with van der Waals surface area (Å²) in [7, 11) is 1.92. The summed E-state index contributed by atoms with van der Waals surface area (Å²) in [4.78, 5) is 8.10. The average Bonchev–Trinajstić information content (AvgIpc) is 2.16. The Morgan fingerprint density at radius 3 is 2.93 bits per heavy atom. The van der Waals surface area contributed by atoms with E-state index in [-0.39, 0.29) is 6.10 Å². The molecule has 0 aromatic carbocycles. The highest BCUT2D eigenvalue weighted by Crippen LogP contribution is 2.14. The van der Waals surface area contributed by atoms with Gasteiger partial charge < -0.3 is 10.1 Å². The molecular formula is C10H17N3O. The van der Waals surface area contributed by atoms with Gasteiger partial charge in [-0.05, 0) is 33.9 Å². The van der Waals surface area contributed by atoms with Crippen LogP contribution in [-0.2, 0) is 6.42 Å². The van der Waals surface area contributed by atoms with Gasteiger partial charge in [0.2, 0.25) is 5.88 Å². The van der Waals surface area contributed by atoms with Gasteiger partial charge >= 0.3 is 0 Å². The highest BCUT2D eigenvalue weighted by Gasteiger charge is 2.06. The van der Waals surface area contributed by atoms with Gasteiger partial charge in [0.25, 0.3) is 0 Å². The molecule has 1 rings (SSSR count). The summed E-state index contributed by atoms with van der Waals surface area (Å²) < 4.78 is 5.56. The van der Waals surface area contributed by atoms with Gasteiger partial charge in [-0.15, -0.1) is 0 Å². The van der Waals surface area contributed by atoms with Crippen LogP contribution in [0.3, 0.4) is 0 Å². The quantitative estimate of drug-likeness (QED) is 0.762. The van der Waals surface area contributed by atoms with E-state index >= 15 is 0 Å². The average molecular weight is 195 g/mol. The molecule has 0 unspecified atom stereocenters. The lowest BCUT2D eigenvalue weighted by molar-refractivity contribution is 0.229. The van der Waals surface area contributed by atoms with Crippen molar-refractivity contribution in [3.63, 3.8) is 0 Å². The first-order valence-electron chi connectivity index (χ1n) is 4.84. The maximum atomic E-state index is 5.56. The number of likely N-dealkylation sites (N-methyl/N-ethyl adjacent to an activating group) is 1. The SMILES string of the molecule is CNCCc1cncnc1OC(C)C. The van der Waals surface area contributed by atoms with Crippen molar-refractivity contribution in [2.75, 3.05) is 13.6 Å². The van der Waals surface area contributed by atoms with Crippen LogP contribution in [0, 0.1) is 0 Å². The minimum absolute atomic E-state index is 0.151. The monoisotopic (exact) mass is 195 g/mol. The molecule has 4 heteroatoms. The molecular weight excluding hydrogens is 178 g/mol. The smallest absolute Gasteiger partial charge is 0.219 e. The van der Waals surface area contributed by atoms with Gasteiger partial charge in [0.05, 0.1) is 6.10 Å². The maximum Gasteiger partial charge on any atom is 0.219 e. The summed E-state index contributed by atoms with van der Waals surface area (Å²) in [6.45, 7) is 4.88. The van der Waals surface area contributed by atoms with E-state index in [0.29, 0.717) is 5.88 Å². The molecule has 1 aromatic rings. The lowest BCUT2D eigenvalue weighted by atomic mass is 10.2. The molecule has 0 atom stereocenters. The normalized spacial score (nSPS) is 10.6. The molecule has 0 saturated heterocycles. The molecule has 0 aliphatic heterocycles. The Kier molecular flexibility index (Phi) is 4.32. The summed E-state index contributed by atoms with van der Waals surface area (Å²) in [5.74, 6) is 0.699. The van der Waals surface area contributed by atoms with Crippen molar-refractivity contribution in [3.05, 3.63) is 18.1 Å². The third-order valence-corrected chi connectivity index (χ3v) is 1.74. The van der Waals surface area contributed by atoms with E-state index in [1.165, 1.54) is 6.33 Å². The molecule has 0 bridgehead atoms. The summed E-state index contributed by atoms with van der Waals surface area (Å²) in [5.41, 5.74) is 1.05. The molecule has 14 heavy (non-hydrogen) atoms. The second kappa shape index (κ2) is 5.54. The number of nitrogens with zero attached hydrogens (tertiary/aromatic N) is 2. The Bertz CT molecular complexity index is 276. The van der Waals surface area contributed by atoms with Crippen molar-refractivity contribution in [1.29, 1.82) is 0 Å². The Morgan fingerprint density at radius 2 is 2.29 bits per heavy atom. The van der Waals surface area contributed by atoms with Crippen LogP contribution >= 0.6 is 0 Å². The molecule has 0 radical (unpaired) electrons. The van der Waals surface area contributed by atoms with Crippen molar-refractivity contribution in [3.8, 4) is 5.88 Å². The second-order valence-corrected chi connectivity index (χ2v) is 3.37. The van der Waals surface area contributed by atoms with Crippen molar-refractivity contribution >= 4 is 0 Å². The van der Waals surface area contributed by atoms with E-state index in [2.05, 4.69) is 15.3 Å². The molecule has 0 fully saturated rings. The standard InChI is InChI=1S/C10H17N3O/c1-8(2)14-10-9(4-5-11-3)6-12-7-13-10/h6-8,11H,4-5H2,1-3H3. The van der Waals surface area contributed by atoms with Crippen LogP contribution in [0.4, 0.5) is 0 Å². The topological polar surface area (TPSA) is 47.0 Å². The predicted octanol–water partition coefficient (Wildman–Crippen LogP) is 1.03. The van der Waals surface area contributed by atoms with Crippen molar-refractivity contribution < 1.29 is 4.74 Å². The van der Waals surface area contributed by atoms with Crippen LogP contribution in [0.15, 0.2) is 12.5 Å². The number of nitrogens with one attached hydrogen (secondary N) is 1. The second-order valence-electron chi connectivity index (χ2n) is 3.37. The van der Waals surface area contributed by atoms with Gasteiger partial charge in [-0.2, -0.15) is 0 Å². The van der Waals surface area contributed by atoms with Gasteiger partial charge in [-0.25, -0.2) is 9.97 Å². The predicted molar refractivity (Wildman–Crippen MR) is 55.4 cm³/mol. The lowest BCUT2D eigenvalue weighted by Crippen LogP contribution is -2.14. The Morgan fingerprint density at radius 1 is 1.50 bits per heavy atom. The van der Waals surface area contributed by atoms with Crippen LogP contribution in [-0.4, -0.2) is 29.7 Å². The van der Waals surface area contributed by atoms with Crippen LogP contribution in [0.5, 0.6) is 5.88 Å². The summed E-state index contributed by atoms with van der Waals surface area (Å²) in [6.07, 6.45) is 4.36. The zero-order valence-corrected chi connectivity index (χ0v) is 8.95. The fraction of sp³-hybridized carbons (Fsp3) is 0.600. The first kappa shape index (κ1) is 10.9. The fourth-order valence-corrected chi connectivity index (χ4v) is 1.11. The lowest BCUT2D eigenvalue weighted by Gasteiger charge is -2.11. The molecule has 1 aromatic heterocycles. The Labute approximate surface area is 84.7 Å². The largest absolute Gasteiger partial charge is 0.475 e. The molecule has 0 saturated carbocycles. The summed E-state index contributed by atoms with van der Waals surface area (Å²) >= 11 is 0. The van der Waals surface area contributed by atoms with E-state index in [0.717, 1.165) is 18.5 Å². The van der Waals surface area contributed by atoms with Gasteiger partial charge in [0.15, 0.2) is 0 Å². The van der Waals surface area contributed by atoms with Gasteiger partial charge in [-0.3, -0.25) is 0 Å². The maximum absolute atomic E-state index is 5.56. The minimum atomic E-state index is 0.151. The summed E-state index contributed by atoms with van der Waals surface area (Å²) in [5, 5.41) is 3.09. The van der Waals surface area contributed by atoms with E-state index in [4.69, 9.17) is 4.74 Å². The number of aromatic nitrogens is 2. The first-order valence-corrected chi connectivity index (χ1v) is 4.84. The molecule has 0 aliphatic rings. The molecule has 0 amide bonds. The van der Waals surface area contributed by atoms with E-state index in [9.17, 15) is 0 Å². The highest BCUT2D eigenvalue weighted by molar-refractivity contribution is 5.22. The molecule has 0 aliphatic carbocycles. The number of ether oxygens (including phenoxy) is 1. The van der Waals surface area contributed by atoms with E-state index in [1.807, 2.05) is 27.1 Å². The molecule has 1 N–H and O–H groups in total. The Hall–Kier alpha value is -1.16. The Balaban J connectivity index is 2.69. The molecule has 78 valence electrons. The third kappa shape index (κ3) is 3.30. The van der Waals surface area contributed by atoms with Crippen molar-refractivity contribution in [1.82, 2.24) is 15.3 Å². The zero-order chi connectivity index (χ0) is 10.4. The van der Waals surface area contributed by atoms with Crippen LogP contribution < -0.4 is 10.1 Å². The van der Waals surface area contributed by atoms with Gasteiger partial charge in [-0.1, -0.05) is 0 Å². The third-order valence-electron chi connectivity index (χ3n) is 1.74. The molecule has 0 spiro atoms. The summed E-state index contributed by atoms with van der Waals surface area (Å²) in [6, 6.07) is 0. The van der Waals surface area contributed by atoms with Gasteiger partial charge in [0, 0.05) is 11.8 Å². The number of hydrogen-bond acceptors (Lipinski definition) is 4. The fourth-order valence-electron chi connectivity index (χ4n) is 1.11. The van der Waals surface area contributed by atoms with Crippen LogP contribution in [0.1, 0.15) is 19.4 Å². The number of hydrogen-bond donors (Lipinski definition) is 1. The highest BCUT2D eigenvalue weighted by atomic mass is 16.5. The van der Waals surface area contributed by atoms with Crippen LogP contribution in [0.2, 0.25) is 0 Å². The first-order chi connectivity index (χ1) is 6.74. The van der Waals surface area contributed by atoms with Crippen molar-refractivity contribution in [2.24, 2.45) is 0 Å². The van der Waals surface area contributed by atoms with E-state index < -0.39 is 0 Å². The van der Waals surface area contributed by atoms with Gasteiger partial charge in [0.1, 0.15) is 6.33 Å².